The molecule has 0 aliphatic heterocycles. The van der Waals surface area contributed by atoms with Crippen molar-refractivity contribution in [1.82, 2.24) is 9.38 Å². The highest BCUT2D eigenvalue weighted by atomic mass is 32.1. The summed E-state index contributed by atoms with van der Waals surface area (Å²) < 4.78 is 2.18. The summed E-state index contributed by atoms with van der Waals surface area (Å²) in [5.41, 5.74) is 10.2. The third-order valence-corrected chi connectivity index (χ3v) is 3.40. The molecule has 2 heterocycles. The van der Waals surface area contributed by atoms with Crippen molar-refractivity contribution in [3.8, 4) is 0 Å². The van der Waals surface area contributed by atoms with Crippen LogP contribution in [0.2, 0.25) is 0 Å². The van der Waals surface area contributed by atoms with E-state index in [1.807, 2.05) is 13.8 Å². The molecule has 15 heavy (non-hydrogen) atoms. The van der Waals surface area contributed by atoms with Crippen LogP contribution in [0.3, 0.4) is 0 Å². The summed E-state index contributed by atoms with van der Waals surface area (Å²) in [5.74, 6) is 0. The minimum atomic E-state index is 0.593. The van der Waals surface area contributed by atoms with Gasteiger partial charge < -0.3 is 5.73 Å². The Labute approximate surface area is 93.2 Å². The lowest BCUT2D eigenvalue weighted by atomic mass is 10.2. The van der Waals surface area contributed by atoms with Crippen molar-refractivity contribution in [2.75, 3.05) is 6.54 Å². The maximum atomic E-state index is 5.60. The van der Waals surface area contributed by atoms with Crippen molar-refractivity contribution in [3.05, 3.63) is 28.0 Å². The van der Waals surface area contributed by atoms with E-state index >= 15 is 0 Å². The van der Waals surface area contributed by atoms with E-state index in [2.05, 4.69) is 27.8 Å². The molecule has 80 valence electrons. The normalized spacial score (nSPS) is 12.7. The van der Waals surface area contributed by atoms with E-state index in [9.17, 15) is 0 Å². The topological polar surface area (TPSA) is 43.3 Å². The Morgan fingerprint density at radius 3 is 3.00 bits per heavy atom. The van der Waals surface area contributed by atoms with Gasteiger partial charge in [0.05, 0.1) is 11.4 Å². The highest BCUT2D eigenvalue weighted by Crippen LogP contribution is 2.22. The van der Waals surface area contributed by atoms with E-state index in [4.69, 9.17) is 5.73 Å². The monoisotopic (exact) mass is 221 g/mol. The van der Waals surface area contributed by atoms with E-state index < -0.39 is 0 Å². The van der Waals surface area contributed by atoms with Crippen molar-refractivity contribution < 1.29 is 0 Å². The molecular formula is C11H15N3S. The fourth-order valence-electron chi connectivity index (χ4n) is 1.59. The molecule has 0 unspecified atom stereocenters. The molecule has 0 aliphatic rings. The standard InChI is InChI=1S/C11H15N3S/c1-7(5-12)4-10-9(3)13-11-14(10)8(2)6-15-11/h4,6H,5,12H2,1-3H3. The Morgan fingerprint density at radius 2 is 2.33 bits per heavy atom. The number of nitrogens with two attached hydrogens (primary N) is 1. The van der Waals surface area contributed by atoms with Crippen LogP contribution in [0.5, 0.6) is 0 Å². The van der Waals surface area contributed by atoms with Gasteiger partial charge in [0.25, 0.3) is 0 Å². The molecule has 0 saturated heterocycles. The van der Waals surface area contributed by atoms with Gasteiger partial charge in [0.15, 0.2) is 4.96 Å². The lowest BCUT2D eigenvalue weighted by molar-refractivity contribution is 1.09. The molecule has 0 atom stereocenters. The Morgan fingerprint density at radius 1 is 1.60 bits per heavy atom. The zero-order chi connectivity index (χ0) is 11.0. The lowest BCUT2D eigenvalue weighted by Gasteiger charge is -1.99. The maximum Gasteiger partial charge on any atom is 0.194 e. The summed E-state index contributed by atoms with van der Waals surface area (Å²) >= 11 is 1.67. The number of aromatic nitrogens is 2. The number of aryl methyl sites for hydroxylation is 2. The Kier molecular flexibility index (Phi) is 2.63. The predicted molar refractivity (Wildman–Crippen MR) is 65.2 cm³/mol. The second-order valence-electron chi connectivity index (χ2n) is 3.77. The quantitative estimate of drug-likeness (QED) is 0.846. The molecule has 2 aromatic heterocycles. The van der Waals surface area contributed by atoms with E-state index in [0.29, 0.717) is 6.54 Å². The summed E-state index contributed by atoms with van der Waals surface area (Å²) in [4.78, 5) is 5.57. The number of hydrogen-bond acceptors (Lipinski definition) is 3. The summed E-state index contributed by atoms with van der Waals surface area (Å²) in [7, 11) is 0. The third-order valence-electron chi connectivity index (χ3n) is 2.46. The summed E-state index contributed by atoms with van der Waals surface area (Å²) in [6, 6.07) is 0. The Hall–Kier alpha value is -1.13. The molecule has 3 nitrogen and oxygen atoms in total. The van der Waals surface area contributed by atoms with Crippen LogP contribution in [0, 0.1) is 13.8 Å². The van der Waals surface area contributed by atoms with Gasteiger partial charge in [-0.05, 0) is 26.8 Å². The average Bonchev–Trinajstić information content (AvgIpc) is 2.69. The van der Waals surface area contributed by atoms with Crippen LogP contribution in [0.15, 0.2) is 11.0 Å². The van der Waals surface area contributed by atoms with Gasteiger partial charge in [-0.15, -0.1) is 11.3 Å². The SMILES string of the molecule is CC(=Cc1c(C)nc2scc(C)n12)CN. The number of fused-ring (bicyclic) bond motifs is 1. The minimum Gasteiger partial charge on any atom is -0.327 e. The van der Waals surface area contributed by atoms with Gasteiger partial charge in [-0.3, -0.25) is 4.40 Å². The second kappa shape index (κ2) is 3.79. The van der Waals surface area contributed by atoms with Crippen LogP contribution in [0.4, 0.5) is 0 Å². The number of imidazole rings is 1. The molecule has 0 spiro atoms. The van der Waals surface area contributed by atoms with Crippen LogP contribution in [0.25, 0.3) is 11.0 Å². The van der Waals surface area contributed by atoms with Crippen LogP contribution >= 0.6 is 11.3 Å². The third kappa shape index (κ3) is 1.70. The molecule has 2 rings (SSSR count). The molecule has 0 bridgehead atoms. The van der Waals surface area contributed by atoms with Gasteiger partial charge in [0.2, 0.25) is 0 Å². The summed E-state index contributed by atoms with van der Waals surface area (Å²) in [6.45, 7) is 6.77. The first-order valence-corrected chi connectivity index (χ1v) is 5.82. The largest absolute Gasteiger partial charge is 0.327 e. The van der Waals surface area contributed by atoms with Gasteiger partial charge in [-0.2, -0.15) is 0 Å². The number of nitrogens with zero attached hydrogens (tertiary/aromatic N) is 2. The molecule has 2 aromatic rings. The molecule has 0 aromatic carbocycles. The van der Waals surface area contributed by atoms with Crippen molar-refractivity contribution in [2.24, 2.45) is 5.73 Å². The lowest BCUT2D eigenvalue weighted by Crippen LogP contribution is -2.00. The first-order valence-electron chi connectivity index (χ1n) is 4.94. The average molecular weight is 221 g/mol. The first-order chi connectivity index (χ1) is 7.13. The van der Waals surface area contributed by atoms with Gasteiger partial charge in [0, 0.05) is 17.6 Å². The maximum absolute atomic E-state index is 5.60. The molecule has 2 N–H and O–H groups in total. The molecular weight excluding hydrogens is 206 g/mol. The van der Waals surface area contributed by atoms with Crippen molar-refractivity contribution in [2.45, 2.75) is 20.8 Å². The highest BCUT2D eigenvalue weighted by Gasteiger charge is 2.09. The number of hydrogen-bond donors (Lipinski definition) is 1. The van der Waals surface area contributed by atoms with Crippen molar-refractivity contribution in [1.29, 1.82) is 0 Å². The predicted octanol–water partition coefficient (Wildman–Crippen LogP) is 2.37. The van der Waals surface area contributed by atoms with E-state index in [1.54, 1.807) is 11.3 Å². The molecule has 4 heteroatoms. The summed E-state index contributed by atoms with van der Waals surface area (Å²) in [6.07, 6.45) is 2.12. The molecule has 0 amide bonds. The zero-order valence-electron chi connectivity index (χ0n) is 9.24. The van der Waals surface area contributed by atoms with E-state index in [0.717, 1.165) is 16.3 Å². The van der Waals surface area contributed by atoms with Crippen LogP contribution < -0.4 is 5.73 Å². The van der Waals surface area contributed by atoms with Crippen LogP contribution in [-0.2, 0) is 0 Å². The fourth-order valence-corrected chi connectivity index (χ4v) is 2.51. The minimum absolute atomic E-state index is 0.593. The first kappa shape index (κ1) is 10.4. The highest BCUT2D eigenvalue weighted by molar-refractivity contribution is 7.15. The fraction of sp³-hybridized carbons (Fsp3) is 0.364. The summed E-state index contributed by atoms with van der Waals surface area (Å²) in [5, 5.41) is 2.12. The van der Waals surface area contributed by atoms with Gasteiger partial charge in [0.1, 0.15) is 0 Å². The van der Waals surface area contributed by atoms with Crippen molar-refractivity contribution in [3.63, 3.8) is 0 Å². The molecule has 0 radical (unpaired) electrons. The molecule has 0 fully saturated rings. The zero-order valence-corrected chi connectivity index (χ0v) is 10.1. The smallest absolute Gasteiger partial charge is 0.194 e. The van der Waals surface area contributed by atoms with E-state index in [1.165, 1.54) is 11.3 Å². The Balaban J connectivity index is 2.67. The van der Waals surface area contributed by atoms with Gasteiger partial charge in [-0.25, -0.2) is 4.98 Å². The molecule has 0 aliphatic carbocycles. The Bertz CT molecular complexity index is 519. The number of thiazole rings is 1. The van der Waals surface area contributed by atoms with Gasteiger partial charge >= 0.3 is 0 Å². The van der Waals surface area contributed by atoms with Crippen LogP contribution in [-0.4, -0.2) is 15.9 Å². The van der Waals surface area contributed by atoms with Crippen molar-refractivity contribution >= 4 is 22.4 Å². The second-order valence-corrected chi connectivity index (χ2v) is 4.61. The number of rotatable bonds is 2. The van der Waals surface area contributed by atoms with Crippen LogP contribution in [0.1, 0.15) is 24.0 Å². The molecule has 0 saturated carbocycles. The van der Waals surface area contributed by atoms with E-state index in [-0.39, 0.29) is 0 Å². The van der Waals surface area contributed by atoms with Gasteiger partial charge in [-0.1, -0.05) is 5.57 Å².